The third-order valence-corrected chi connectivity index (χ3v) is 3.39. The molecule has 1 N–H and O–H groups in total. The summed E-state index contributed by atoms with van der Waals surface area (Å²) in [7, 11) is 0. The van der Waals surface area contributed by atoms with Crippen LogP contribution in [0.1, 0.15) is 29.3 Å². The lowest BCUT2D eigenvalue weighted by atomic mass is 10.2. The quantitative estimate of drug-likeness (QED) is 0.715. The molecule has 4 nitrogen and oxygen atoms in total. The van der Waals surface area contributed by atoms with Crippen LogP contribution in [0.15, 0.2) is 48.5 Å². The van der Waals surface area contributed by atoms with Crippen LogP contribution >= 0.6 is 0 Å². The van der Waals surface area contributed by atoms with Crippen molar-refractivity contribution in [1.29, 1.82) is 0 Å². The van der Waals surface area contributed by atoms with Gasteiger partial charge in [-0.1, -0.05) is 24.3 Å². The summed E-state index contributed by atoms with van der Waals surface area (Å²) in [5, 5.41) is 2.86. The second kappa shape index (κ2) is 9.67. The number of benzene rings is 2. The zero-order chi connectivity index (χ0) is 17.2. The van der Waals surface area contributed by atoms with Crippen molar-refractivity contribution in [1.82, 2.24) is 5.32 Å². The van der Waals surface area contributed by atoms with Crippen LogP contribution in [0.25, 0.3) is 0 Å². The molecule has 128 valence electrons. The fraction of sp³-hybridized carbons (Fsp3) is 0.316. The summed E-state index contributed by atoms with van der Waals surface area (Å²) in [6, 6.07) is 13.2. The van der Waals surface area contributed by atoms with E-state index in [2.05, 4.69) is 5.32 Å². The molecule has 2 rings (SSSR count). The van der Waals surface area contributed by atoms with Gasteiger partial charge in [-0.3, -0.25) is 4.79 Å². The van der Waals surface area contributed by atoms with Gasteiger partial charge in [-0.15, -0.1) is 0 Å². The van der Waals surface area contributed by atoms with Crippen molar-refractivity contribution in [2.75, 3.05) is 19.8 Å². The van der Waals surface area contributed by atoms with Crippen molar-refractivity contribution in [2.24, 2.45) is 0 Å². The minimum Gasteiger partial charge on any atom is -0.488 e. The molecule has 0 heterocycles. The van der Waals surface area contributed by atoms with Crippen molar-refractivity contribution < 1.29 is 18.7 Å². The number of ether oxygens (including phenoxy) is 2. The fourth-order valence-corrected chi connectivity index (χ4v) is 2.14. The third-order valence-electron chi connectivity index (χ3n) is 3.39. The van der Waals surface area contributed by atoms with Crippen molar-refractivity contribution in [3.63, 3.8) is 0 Å². The van der Waals surface area contributed by atoms with Gasteiger partial charge in [-0.2, -0.15) is 0 Å². The van der Waals surface area contributed by atoms with Gasteiger partial charge in [0.05, 0.1) is 5.56 Å². The van der Waals surface area contributed by atoms with E-state index in [1.165, 1.54) is 12.1 Å². The number of para-hydroxylation sites is 1. The number of halogens is 1. The van der Waals surface area contributed by atoms with Crippen LogP contribution in [-0.4, -0.2) is 25.7 Å². The first-order valence-corrected chi connectivity index (χ1v) is 8.03. The molecule has 0 aliphatic carbocycles. The highest BCUT2D eigenvalue weighted by molar-refractivity contribution is 5.96. The number of amides is 1. The van der Waals surface area contributed by atoms with Crippen LogP contribution < -0.4 is 10.1 Å². The average Bonchev–Trinajstić information content (AvgIpc) is 2.61. The molecule has 24 heavy (non-hydrogen) atoms. The summed E-state index contributed by atoms with van der Waals surface area (Å²) < 4.78 is 23.9. The molecule has 0 fully saturated rings. The predicted molar refractivity (Wildman–Crippen MR) is 90.6 cm³/mol. The van der Waals surface area contributed by atoms with Gasteiger partial charge in [0, 0.05) is 19.8 Å². The molecule has 0 aliphatic heterocycles. The number of hydrogen-bond donors (Lipinski definition) is 1. The Morgan fingerprint density at radius 1 is 1.12 bits per heavy atom. The zero-order valence-corrected chi connectivity index (χ0v) is 13.8. The molecule has 1 amide bonds. The maximum Gasteiger partial charge on any atom is 0.255 e. The lowest BCUT2D eigenvalue weighted by Crippen LogP contribution is -2.25. The van der Waals surface area contributed by atoms with Crippen LogP contribution in [0.5, 0.6) is 5.75 Å². The molecule has 0 bridgehead atoms. The molecule has 0 aliphatic rings. The number of rotatable bonds is 9. The molecular formula is C19H22FNO3. The van der Waals surface area contributed by atoms with Crippen LogP contribution in [0, 0.1) is 5.82 Å². The van der Waals surface area contributed by atoms with Gasteiger partial charge in [0.2, 0.25) is 0 Å². The van der Waals surface area contributed by atoms with E-state index in [-0.39, 0.29) is 18.3 Å². The summed E-state index contributed by atoms with van der Waals surface area (Å²) in [5.74, 6) is 0.0379. The van der Waals surface area contributed by atoms with E-state index in [4.69, 9.17) is 9.47 Å². The Kier molecular flexibility index (Phi) is 7.23. The minimum absolute atomic E-state index is 0.179. The van der Waals surface area contributed by atoms with E-state index < -0.39 is 0 Å². The average molecular weight is 331 g/mol. The topological polar surface area (TPSA) is 47.6 Å². The standard InChI is InChI=1S/C19H22FNO3/c1-2-23-13-5-12-21-19(22)17-6-3-4-7-18(17)24-14-15-8-10-16(20)11-9-15/h3-4,6-11H,2,5,12-14H2,1H3,(H,21,22). The minimum atomic E-state index is -0.286. The SMILES string of the molecule is CCOCCCNC(=O)c1ccccc1OCc1ccc(F)cc1. The predicted octanol–water partition coefficient (Wildman–Crippen LogP) is 3.56. The molecule has 0 saturated carbocycles. The second-order valence-corrected chi connectivity index (χ2v) is 5.22. The lowest BCUT2D eigenvalue weighted by Gasteiger charge is -2.12. The normalized spacial score (nSPS) is 10.4. The molecule has 0 radical (unpaired) electrons. The van der Waals surface area contributed by atoms with E-state index in [9.17, 15) is 9.18 Å². The lowest BCUT2D eigenvalue weighted by molar-refractivity contribution is 0.0940. The molecule has 0 spiro atoms. The van der Waals surface area contributed by atoms with Crippen molar-refractivity contribution >= 4 is 5.91 Å². The van der Waals surface area contributed by atoms with Gasteiger partial charge in [-0.25, -0.2) is 4.39 Å². The van der Waals surface area contributed by atoms with Crippen LogP contribution in [0.4, 0.5) is 4.39 Å². The molecular weight excluding hydrogens is 309 g/mol. The van der Waals surface area contributed by atoms with E-state index in [0.717, 1.165) is 12.0 Å². The summed E-state index contributed by atoms with van der Waals surface area (Å²) in [5.41, 5.74) is 1.32. The van der Waals surface area contributed by atoms with Gasteiger partial charge in [0.25, 0.3) is 5.91 Å². The highest BCUT2D eigenvalue weighted by atomic mass is 19.1. The smallest absolute Gasteiger partial charge is 0.255 e. The zero-order valence-electron chi connectivity index (χ0n) is 13.8. The molecule has 0 saturated heterocycles. The van der Waals surface area contributed by atoms with Gasteiger partial charge in [-0.05, 0) is 43.2 Å². The molecule has 2 aromatic carbocycles. The van der Waals surface area contributed by atoms with E-state index in [1.807, 2.05) is 13.0 Å². The maximum absolute atomic E-state index is 12.9. The first kappa shape index (κ1) is 17.9. The molecule has 0 unspecified atom stereocenters. The first-order valence-electron chi connectivity index (χ1n) is 8.03. The maximum atomic E-state index is 12.9. The van der Waals surface area contributed by atoms with Gasteiger partial charge in [0.15, 0.2) is 0 Å². The Hall–Kier alpha value is -2.40. The highest BCUT2D eigenvalue weighted by Crippen LogP contribution is 2.19. The number of carbonyl (C=O) groups excluding carboxylic acids is 1. The Labute approximate surface area is 141 Å². The summed E-state index contributed by atoms with van der Waals surface area (Å²) in [6.07, 6.45) is 0.762. The van der Waals surface area contributed by atoms with E-state index in [1.54, 1.807) is 30.3 Å². The van der Waals surface area contributed by atoms with Crippen LogP contribution in [0.3, 0.4) is 0 Å². The van der Waals surface area contributed by atoms with E-state index in [0.29, 0.717) is 31.1 Å². The van der Waals surface area contributed by atoms with Gasteiger partial charge < -0.3 is 14.8 Å². The summed E-state index contributed by atoms with van der Waals surface area (Å²) >= 11 is 0. The third kappa shape index (κ3) is 5.66. The highest BCUT2D eigenvalue weighted by Gasteiger charge is 2.11. The Bertz CT molecular complexity index is 643. The van der Waals surface area contributed by atoms with Crippen LogP contribution in [0.2, 0.25) is 0 Å². The first-order chi connectivity index (χ1) is 11.7. The second-order valence-electron chi connectivity index (χ2n) is 5.22. The molecule has 0 aromatic heterocycles. The number of carbonyl (C=O) groups is 1. The largest absolute Gasteiger partial charge is 0.488 e. The number of nitrogens with one attached hydrogen (secondary N) is 1. The summed E-state index contributed by atoms with van der Waals surface area (Å²) in [4.78, 5) is 12.3. The van der Waals surface area contributed by atoms with Gasteiger partial charge in [0.1, 0.15) is 18.2 Å². The van der Waals surface area contributed by atoms with Crippen molar-refractivity contribution in [3.05, 3.63) is 65.5 Å². The molecule has 2 aromatic rings. The molecule has 5 heteroatoms. The Balaban J connectivity index is 1.91. The number of hydrogen-bond acceptors (Lipinski definition) is 3. The monoisotopic (exact) mass is 331 g/mol. The summed E-state index contributed by atoms with van der Waals surface area (Å²) in [6.45, 7) is 4.06. The van der Waals surface area contributed by atoms with E-state index >= 15 is 0 Å². The van der Waals surface area contributed by atoms with Crippen LogP contribution in [-0.2, 0) is 11.3 Å². The van der Waals surface area contributed by atoms with Crippen molar-refractivity contribution in [3.8, 4) is 5.75 Å². The Morgan fingerprint density at radius 2 is 1.88 bits per heavy atom. The van der Waals surface area contributed by atoms with Crippen molar-refractivity contribution in [2.45, 2.75) is 20.0 Å². The molecule has 0 atom stereocenters. The fourth-order valence-electron chi connectivity index (χ4n) is 2.14. The Morgan fingerprint density at radius 3 is 2.62 bits per heavy atom. The van der Waals surface area contributed by atoms with Gasteiger partial charge >= 0.3 is 0 Å².